The number of fused-ring (bicyclic) bond motifs is 8. The zero-order valence-corrected chi connectivity index (χ0v) is 52.0. The first-order chi connectivity index (χ1) is 39.0. The lowest BCUT2D eigenvalue weighted by molar-refractivity contribution is -0.131. The van der Waals surface area contributed by atoms with Crippen LogP contribution >= 0.6 is 0 Å². The summed E-state index contributed by atoms with van der Waals surface area (Å²) in [5, 5.41) is 21.2. The molecule has 8 N–H and O–H groups in total. The second-order valence-corrected chi connectivity index (χ2v) is 22.3. The predicted octanol–water partition coefficient (Wildman–Crippen LogP) is 12.1. The summed E-state index contributed by atoms with van der Waals surface area (Å²) in [6.07, 6.45) is 17.4. The van der Waals surface area contributed by atoms with E-state index in [0.29, 0.717) is 38.8 Å². The van der Waals surface area contributed by atoms with Crippen molar-refractivity contribution in [3.8, 4) is 0 Å². The van der Waals surface area contributed by atoms with Gasteiger partial charge in [-0.1, -0.05) is 35.1 Å². The van der Waals surface area contributed by atoms with E-state index in [1.807, 2.05) is 9.80 Å². The molecular weight excluding hydrogens is 1000 g/mol. The smallest absolute Gasteiger partial charge is 0.222 e. The first-order valence-corrected chi connectivity index (χ1v) is 31.9. The van der Waals surface area contributed by atoms with Crippen LogP contribution in [0.1, 0.15) is 211 Å². The molecule has 2 aliphatic rings. The lowest BCUT2D eigenvalue weighted by Crippen LogP contribution is -2.32. The number of H-pyrrole nitrogens is 2. The minimum atomic E-state index is 0. The topological polar surface area (TPSA) is 170 Å². The SMILES string of the molecule is C.CCNCCCCNCCCCNCCCCN(CC)C(=O)CCC1=C(C)c2cc3[nH]c(cc4[nH]c(cc5nc(cc1n2)C(CCC(=O)N(CC)CCCCNCCCCNCCCCNCC)=C5C)c(CC)c4C)c(CC)c3C. The van der Waals surface area contributed by atoms with Crippen LogP contribution in [0.25, 0.3) is 44.4 Å². The first kappa shape index (κ1) is 68.8. The number of unbranched alkanes of at least 4 members (excludes halogenated alkanes) is 6. The Morgan fingerprint density at radius 1 is 0.420 bits per heavy atom. The summed E-state index contributed by atoms with van der Waals surface area (Å²) < 4.78 is 0. The van der Waals surface area contributed by atoms with Gasteiger partial charge in [-0.2, -0.15) is 0 Å². The quantitative estimate of drug-likeness (QED) is 0.0256. The van der Waals surface area contributed by atoms with Gasteiger partial charge in [-0.3, -0.25) is 9.59 Å². The number of nitrogens with one attached hydrogen (secondary N) is 8. The molecule has 0 unspecified atom stereocenters. The second-order valence-electron chi connectivity index (χ2n) is 22.3. The summed E-state index contributed by atoms with van der Waals surface area (Å²) >= 11 is 0. The van der Waals surface area contributed by atoms with Crippen LogP contribution in [0, 0.1) is 13.8 Å². The van der Waals surface area contributed by atoms with Crippen LogP contribution in [-0.2, 0) is 22.4 Å². The number of aryl methyl sites for hydroxylation is 4. The van der Waals surface area contributed by atoms with E-state index in [2.05, 4.69) is 135 Å². The molecule has 454 valence electrons. The molecule has 0 fully saturated rings. The van der Waals surface area contributed by atoms with E-state index in [0.717, 1.165) is 197 Å². The maximum Gasteiger partial charge on any atom is 0.222 e. The van der Waals surface area contributed by atoms with Crippen molar-refractivity contribution in [1.82, 2.24) is 61.6 Å². The number of hydrogen-bond donors (Lipinski definition) is 8. The average Bonchev–Trinajstić information content (AvgIpc) is 4.22. The predicted molar refractivity (Wildman–Crippen MR) is 348 cm³/mol. The molecule has 2 amide bonds. The Kier molecular flexibility index (Phi) is 33.1. The van der Waals surface area contributed by atoms with Crippen LogP contribution in [0.5, 0.6) is 0 Å². The number of allylic oxidation sites excluding steroid dienone is 4. The summed E-state index contributed by atoms with van der Waals surface area (Å²) in [7, 11) is 0. The van der Waals surface area contributed by atoms with Gasteiger partial charge in [0.1, 0.15) is 0 Å². The fourth-order valence-corrected chi connectivity index (χ4v) is 11.4. The minimum Gasteiger partial charge on any atom is -0.355 e. The van der Waals surface area contributed by atoms with Crippen LogP contribution < -0.4 is 31.9 Å². The normalized spacial score (nSPS) is 12.5. The molecule has 0 saturated carbocycles. The fraction of sp³-hybridized carbons (Fsp3) is 0.672. The lowest BCUT2D eigenvalue weighted by atomic mass is 9.97. The van der Waals surface area contributed by atoms with Crippen molar-refractivity contribution < 1.29 is 9.59 Å². The molecule has 5 rings (SSSR count). The van der Waals surface area contributed by atoms with E-state index < -0.39 is 0 Å². The van der Waals surface area contributed by atoms with E-state index >= 15 is 0 Å². The molecule has 3 aromatic heterocycles. The van der Waals surface area contributed by atoms with Crippen molar-refractivity contribution in [2.75, 3.05) is 105 Å². The third kappa shape index (κ3) is 22.1. The van der Waals surface area contributed by atoms with Crippen molar-refractivity contribution in [2.45, 2.75) is 192 Å². The summed E-state index contributed by atoms with van der Waals surface area (Å²) in [6.45, 7) is 37.3. The average molecular weight is 1120 g/mol. The van der Waals surface area contributed by atoms with Gasteiger partial charge in [-0.25, -0.2) is 9.97 Å². The molecule has 2 aliphatic heterocycles. The van der Waals surface area contributed by atoms with Gasteiger partial charge in [0.25, 0.3) is 0 Å². The zero-order chi connectivity index (χ0) is 57.5. The Morgan fingerprint density at radius 3 is 1.09 bits per heavy atom. The molecular formula is C67H114N12O2. The highest BCUT2D eigenvalue weighted by molar-refractivity contribution is 5.97. The van der Waals surface area contributed by atoms with E-state index in [4.69, 9.17) is 9.97 Å². The van der Waals surface area contributed by atoms with Gasteiger partial charge >= 0.3 is 0 Å². The van der Waals surface area contributed by atoms with Crippen LogP contribution in [0.15, 0.2) is 24.3 Å². The fourth-order valence-electron chi connectivity index (χ4n) is 11.4. The largest absolute Gasteiger partial charge is 0.355 e. The van der Waals surface area contributed by atoms with Crippen LogP contribution in [0.3, 0.4) is 0 Å². The molecule has 0 spiro atoms. The summed E-state index contributed by atoms with van der Waals surface area (Å²) in [5.41, 5.74) is 17.2. The van der Waals surface area contributed by atoms with Gasteiger partial charge in [-0.05, 0) is 292 Å². The Balaban J connectivity index is 0.0000141. The number of carbonyl (C=O) groups is 2. The number of aromatic amines is 2. The molecule has 0 aliphatic carbocycles. The maximum atomic E-state index is 14.1. The molecule has 0 aromatic carbocycles. The number of nitrogens with zero attached hydrogens (tertiary/aromatic N) is 4. The van der Waals surface area contributed by atoms with E-state index in [1.165, 1.54) is 73.6 Å². The van der Waals surface area contributed by atoms with Gasteiger partial charge in [0.05, 0.1) is 22.8 Å². The van der Waals surface area contributed by atoms with Crippen LogP contribution in [0.4, 0.5) is 0 Å². The Labute approximate surface area is 491 Å². The number of rotatable bonds is 42. The van der Waals surface area contributed by atoms with Crippen molar-refractivity contribution in [1.29, 1.82) is 0 Å². The van der Waals surface area contributed by atoms with Gasteiger partial charge in [0, 0.05) is 61.1 Å². The van der Waals surface area contributed by atoms with E-state index in [1.54, 1.807) is 0 Å². The van der Waals surface area contributed by atoms with E-state index in [9.17, 15) is 9.59 Å². The Bertz CT molecular complexity index is 2570. The Hall–Kier alpha value is -4.70. The lowest BCUT2D eigenvalue weighted by Gasteiger charge is -2.21. The summed E-state index contributed by atoms with van der Waals surface area (Å²) in [4.78, 5) is 50.7. The second kappa shape index (κ2) is 39.0. The Morgan fingerprint density at radius 2 is 0.741 bits per heavy atom. The highest BCUT2D eigenvalue weighted by atomic mass is 16.2. The van der Waals surface area contributed by atoms with Crippen molar-refractivity contribution in [2.24, 2.45) is 0 Å². The maximum absolute atomic E-state index is 14.1. The highest BCUT2D eigenvalue weighted by Crippen LogP contribution is 2.38. The minimum absolute atomic E-state index is 0. The van der Waals surface area contributed by atoms with Gasteiger partial charge in [0.2, 0.25) is 11.8 Å². The molecule has 14 heteroatoms. The molecule has 0 atom stereocenters. The van der Waals surface area contributed by atoms with E-state index in [-0.39, 0.29) is 19.2 Å². The molecule has 0 radical (unpaired) electrons. The van der Waals surface area contributed by atoms with Crippen LogP contribution in [0.2, 0.25) is 0 Å². The number of amides is 2. The number of carbonyl (C=O) groups excluding carboxylic acids is 2. The van der Waals surface area contributed by atoms with Gasteiger partial charge in [0.15, 0.2) is 0 Å². The molecule has 14 nitrogen and oxygen atoms in total. The monoisotopic (exact) mass is 1120 g/mol. The number of hydrogen-bond acceptors (Lipinski definition) is 10. The zero-order valence-electron chi connectivity index (χ0n) is 52.0. The van der Waals surface area contributed by atoms with Crippen molar-refractivity contribution in [3.05, 3.63) is 69.3 Å². The standard InChI is InChI=1S/C66H110N12O2.CH4/c1-11-53-49(7)57-45-58-51(9)55(29-31-65(79)77(15-5)43-27-25-41-71-39-23-21-37-69-35-19-17-33-67-13-3)63(75-58)48-64-56(52(10)60(76-64)47-62-54(12-2)50(8)59(74-62)46-61(53)73-57)30-32-66(80)78(16-6)44-28-26-42-72-40-24-22-38-70-36-20-18-34-68-14-4;/h45-48,67-74H,11-44H2,1-10H3;1H4. The highest BCUT2D eigenvalue weighted by Gasteiger charge is 2.25. The molecule has 81 heavy (non-hydrogen) atoms. The van der Waals surface area contributed by atoms with Gasteiger partial charge in [-0.15, -0.1) is 0 Å². The third-order valence-corrected chi connectivity index (χ3v) is 16.5. The van der Waals surface area contributed by atoms with Crippen molar-refractivity contribution in [3.63, 3.8) is 0 Å². The number of aromatic nitrogens is 4. The molecule has 0 saturated heterocycles. The third-order valence-electron chi connectivity index (χ3n) is 16.5. The first-order valence-electron chi connectivity index (χ1n) is 31.9. The molecule has 5 heterocycles. The van der Waals surface area contributed by atoms with Crippen molar-refractivity contribution >= 4 is 56.2 Å². The molecule has 3 aromatic rings. The summed E-state index contributed by atoms with van der Waals surface area (Å²) in [5.74, 6) is 0.363. The van der Waals surface area contributed by atoms with Crippen LogP contribution in [-0.4, -0.2) is 146 Å². The summed E-state index contributed by atoms with van der Waals surface area (Å²) in [6, 6.07) is 8.83. The molecule has 8 bridgehead atoms. The van der Waals surface area contributed by atoms with Gasteiger partial charge < -0.3 is 51.7 Å².